The Bertz CT molecular complexity index is 1430. The van der Waals surface area contributed by atoms with Crippen molar-refractivity contribution in [2.75, 3.05) is 25.0 Å². The normalized spacial score (nSPS) is 14.8. The number of aryl methyl sites for hydroxylation is 2. The van der Waals surface area contributed by atoms with Crippen LogP contribution in [0.3, 0.4) is 0 Å². The van der Waals surface area contributed by atoms with Gasteiger partial charge in [0.2, 0.25) is 5.91 Å². The number of amides is 1. The standard InChI is InChI=1S/C28H31N5O3/c1-19-17-26(31-36-19)27-24-9-3-4-10-25(24)28(35)33(30-27)14-6-13-32-15-11-21(12-16-32)22-7-5-8-23(18-22)29-20(2)34/h3-5,7-10,17-18,21H,6,11-16H2,1-2H3,(H,29,34). The first-order valence-electron chi connectivity index (χ1n) is 12.5. The molecule has 36 heavy (non-hydrogen) atoms. The summed E-state index contributed by atoms with van der Waals surface area (Å²) >= 11 is 0. The fraction of sp³-hybridized carbons (Fsp3) is 0.357. The summed E-state index contributed by atoms with van der Waals surface area (Å²) in [7, 11) is 0. The minimum atomic E-state index is -0.0765. The highest BCUT2D eigenvalue weighted by Crippen LogP contribution is 2.30. The van der Waals surface area contributed by atoms with Gasteiger partial charge in [-0.25, -0.2) is 4.68 Å². The van der Waals surface area contributed by atoms with E-state index >= 15 is 0 Å². The minimum absolute atomic E-state index is 0.0507. The Labute approximate surface area is 209 Å². The molecular formula is C28H31N5O3. The van der Waals surface area contributed by atoms with Gasteiger partial charge in [0.05, 0.1) is 5.39 Å². The number of aromatic nitrogens is 3. The third-order valence-electron chi connectivity index (χ3n) is 6.85. The molecule has 2 aromatic heterocycles. The van der Waals surface area contributed by atoms with Crippen LogP contribution in [0, 0.1) is 6.92 Å². The van der Waals surface area contributed by atoms with Gasteiger partial charge < -0.3 is 14.7 Å². The van der Waals surface area contributed by atoms with Crippen LogP contribution in [0.1, 0.15) is 43.4 Å². The number of likely N-dealkylation sites (tertiary alicyclic amines) is 1. The van der Waals surface area contributed by atoms with Gasteiger partial charge in [-0.3, -0.25) is 9.59 Å². The average Bonchev–Trinajstić information content (AvgIpc) is 3.31. The van der Waals surface area contributed by atoms with Crippen molar-refractivity contribution in [3.8, 4) is 11.4 Å². The van der Waals surface area contributed by atoms with Crippen LogP contribution in [0.25, 0.3) is 22.2 Å². The lowest BCUT2D eigenvalue weighted by atomic mass is 9.89. The second-order valence-corrected chi connectivity index (χ2v) is 9.52. The minimum Gasteiger partial charge on any atom is -0.361 e. The molecule has 0 saturated carbocycles. The summed E-state index contributed by atoms with van der Waals surface area (Å²) in [4.78, 5) is 26.9. The zero-order valence-corrected chi connectivity index (χ0v) is 20.7. The van der Waals surface area contributed by atoms with Gasteiger partial charge in [0, 0.05) is 30.6 Å². The number of carbonyl (C=O) groups is 1. The molecule has 186 valence electrons. The zero-order valence-electron chi connectivity index (χ0n) is 20.7. The topological polar surface area (TPSA) is 93.3 Å². The van der Waals surface area contributed by atoms with Crippen LogP contribution < -0.4 is 10.9 Å². The summed E-state index contributed by atoms with van der Waals surface area (Å²) in [5.74, 6) is 1.15. The maximum absolute atomic E-state index is 13.1. The summed E-state index contributed by atoms with van der Waals surface area (Å²) in [6.45, 7) is 6.86. The number of nitrogens with zero attached hydrogens (tertiary/aromatic N) is 4. The van der Waals surface area contributed by atoms with Crippen LogP contribution in [0.2, 0.25) is 0 Å². The molecule has 4 aromatic rings. The molecule has 0 bridgehead atoms. The van der Waals surface area contributed by atoms with Crippen LogP contribution in [0.5, 0.6) is 0 Å². The van der Waals surface area contributed by atoms with Gasteiger partial charge in [0.15, 0.2) is 0 Å². The van der Waals surface area contributed by atoms with Crippen molar-refractivity contribution < 1.29 is 9.32 Å². The zero-order chi connectivity index (χ0) is 25.1. The number of piperidine rings is 1. The molecule has 3 heterocycles. The Morgan fingerprint density at radius 3 is 2.56 bits per heavy atom. The fourth-order valence-electron chi connectivity index (χ4n) is 5.06. The molecule has 2 aromatic carbocycles. The first kappa shape index (κ1) is 23.9. The first-order valence-corrected chi connectivity index (χ1v) is 12.5. The first-order chi connectivity index (χ1) is 17.5. The van der Waals surface area contributed by atoms with Crippen molar-refractivity contribution >= 4 is 22.4 Å². The lowest BCUT2D eigenvalue weighted by Gasteiger charge is -2.32. The number of benzene rings is 2. The van der Waals surface area contributed by atoms with E-state index in [0.717, 1.165) is 50.0 Å². The van der Waals surface area contributed by atoms with E-state index in [1.54, 1.807) is 4.68 Å². The van der Waals surface area contributed by atoms with Crippen LogP contribution >= 0.6 is 0 Å². The van der Waals surface area contributed by atoms with Crippen molar-refractivity contribution in [1.82, 2.24) is 19.8 Å². The van der Waals surface area contributed by atoms with Crippen molar-refractivity contribution in [1.29, 1.82) is 0 Å². The molecule has 1 aliphatic rings. The smallest absolute Gasteiger partial charge is 0.274 e. The van der Waals surface area contributed by atoms with Crippen molar-refractivity contribution in [2.24, 2.45) is 0 Å². The molecule has 1 aliphatic heterocycles. The van der Waals surface area contributed by atoms with Gasteiger partial charge in [-0.15, -0.1) is 0 Å². The molecule has 5 rings (SSSR count). The monoisotopic (exact) mass is 485 g/mol. The Kier molecular flexibility index (Phi) is 6.95. The number of hydrogen-bond donors (Lipinski definition) is 1. The summed E-state index contributed by atoms with van der Waals surface area (Å²) in [6, 6.07) is 17.6. The maximum atomic E-state index is 13.1. The third kappa shape index (κ3) is 5.23. The highest BCUT2D eigenvalue weighted by molar-refractivity contribution is 5.92. The van der Waals surface area contributed by atoms with E-state index in [1.165, 1.54) is 12.5 Å². The third-order valence-corrected chi connectivity index (χ3v) is 6.85. The van der Waals surface area contributed by atoms with Crippen LogP contribution in [0.15, 0.2) is 63.9 Å². The van der Waals surface area contributed by atoms with E-state index < -0.39 is 0 Å². The summed E-state index contributed by atoms with van der Waals surface area (Å²) < 4.78 is 6.83. The van der Waals surface area contributed by atoms with E-state index in [1.807, 2.05) is 49.4 Å². The molecule has 1 saturated heterocycles. The number of carbonyl (C=O) groups excluding carboxylic acids is 1. The van der Waals surface area contributed by atoms with E-state index in [9.17, 15) is 9.59 Å². The second-order valence-electron chi connectivity index (χ2n) is 9.52. The Morgan fingerprint density at radius 2 is 1.83 bits per heavy atom. The maximum Gasteiger partial charge on any atom is 0.274 e. The number of rotatable bonds is 7. The number of anilines is 1. The summed E-state index contributed by atoms with van der Waals surface area (Å²) in [5, 5.41) is 13.1. The highest BCUT2D eigenvalue weighted by Gasteiger charge is 2.21. The van der Waals surface area contributed by atoms with E-state index in [2.05, 4.69) is 32.6 Å². The highest BCUT2D eigenvalue weighted by atomic mass is 16.5. The lowest BCUT2D eigenvalue weighted by molar-refractivity contribution is -0.114. The van der Waals surface area contributed by atoms with Gasteiger partial charge >= 0.3 is 0 Å². The molecule has 1 N–H and O–H groups in total. The number of hydrogen-bond acceptors (Lipinski definition) is 6. The van der Waals surface area contributed by atoms with Gasteiger partial charge in [-0.05, 0) is 75.5 Å². The number of nitrogens with one attached hydrogen (secondary N) is 1. The van der Waals surface area contributed by atoms with Crippen LogP contribution in [0.4, 0.5) is 5.69 Å². The Balaban J connectivity index is 1.22. The largest absolute Gasteiger partial charge is 0.361 e. The van der Waals surface area contributed by atoms with Gasteiger partial charge in [-0.2, -0.15) is 5.10 Å². The molecule has 8 nitrogen and oxygen atoms in total. The lowest BCUT2D eigenvalue weighted by Crippen LogP contribution is -2.34. The Morgan fingerprint density at radius 1 is 1.06 bits per heavy atom. The molecule has 0 aliphatic carbocycles. The molecule has 1 amide bonds. The second kappa shape index (κ2) is 10.5. The van der Waals surface area contributed by atoms with E-state index in [-0.39, 0.29) is 11.5 Å². The van der Waals surface area contributed by atoms with Crippen LogP contribution in [-0.4, -0.2) is 45.4 Å². The molecule has 8 heteroatoms. The predicted octanol–water partition coefficient (Wildman–Crippen LogP) is 4.59. The van der Waals surface area contributed by atoms with Crippen molar-refractivity contribution in [3.63, 3.8) is 0 Å². The van der Waals surface area contributed by atoms with Crippen molar-refractivity contribution in [2.45, 2.75) is 45.6 Å². The van der Waals surface area contributed by atoms with Gasteiger partial charge in [-0.1, -0.05) is 35.5 Å². The quantitative estimate of drug-likeness (QED) is 0.412. The van der Waals surface area contributed by atoms with Crippen molar-refractivity contribution in [3.05, 3.63) is 76.3 Å². The SMILES string of the molecule is CC(=O)Nc1cccc(C2CCN(CCCn3nc(-c4cc(C)on4)c4ccccc4c3=O)CC2)c1. The average molecular weight is 486 g/mol. The molecule has 0 spiro atoms. The molecule has 0 unspecified atom stereocenters. The summed E-state index contributed by atoms with van der Waals surface area (Å²) in [6.07, 6.45) is 2.99. The Hall–Kier alpha value is -3.78. The molecular weight excluding hydrogens is 454 g/mol. The predicted molar refractivity (Wildman–Crippen MR) is 140 cm³/mol. The van der Waals surface area contributed by atoms with E-state index in [4.69, 9.17) is 4.52 Å². The van der Waals surface area contributed by atoms with Crippen LogP contribution in [-0.2, 0) is 11.3 Å². The number of fused-ring (bicyclic) bond motifs is 1. The van der Waals surface area contributed by atoms with Gasteiger partial charge in [0.25, 0.3) is 5.56 Å². The van der Waals surface area contributed by atoms with E-state index in [0.29, 0.717) is 35.0 Å². The molecule has 0 atom stereocenters. The molecule has 0 radical (unpaired) electrons. The summed E-state index contributed by atoms with van der Waals surface area (Å²) in [5.41, 5.74) is 3.37. The van der Waals surface area contributed by atoms with Gasteiger partial charge in [0.1, 0.15) is 17.1 Å². The fourth-order valence-corrected chi connectivity index (χ4v) is 5.06. The molecule has 1 fully saturated rings.